The number of aryl methyl sites for hydroxylation is 1. The van der Waals surface area contributed by atoms with E-state index >= 15 is 0 Å². The van der Waals surface area contributed by atoms with Gasteiger partial charge in [-0.1, -0.05) is 47.6 Å². The minimum Gasteiger partial charge on any atom is -0.466 e. The molecule has 1 aromatic heterocycles. The Hall–Kier alpha value is -3.30. The number of ether oxygens (including phenoxy) is 1. The number of anilines is 2. The summed E-state index contributed by atoms with van der Waals surface area (Å²) >= 11 is 8.02. The summed E-state index contributed by atoms with van der Waals surface area (Å²) in [7, 11) is 0. The number of halogens is 1. The predicted molar refractivity (Wildman–Crippen MR) is 169 cm³/mol. The maximum Gasteiger partial charge on any atom is 0.309 e. The SMILES string of the molecule is CCOC(=O)C1CCN(C(=O)c2cccc(CSc3nc(C)c(C)c(N4CCN(c5ccccc5Cl)CC4)n3)c2)CC1. The van der Waals surface area contributed by atoms with Crippen molar-refractivity contribution in [3.05, 3.63) is 75.9 Å². The Balaban J connectivity index is 1.20. The lowest BCUT2D eigenvalue weighted by Crippen LogP contribution is -2.47. The highest BCUT2D eigenvalue weighted by Gasteiger charge is 2.29. The Morgan fingerprint density at radius 2 is 1.67 bits per heavy atom. The van der Waals surface area contributed by atoms with Gasteiger partial charge in [0, 0.05) is 61.8 Å². The smallest absolute Gasteiger partial charge is 0.309 e. The molecule has 5 rings (SSSR count). The molecule has 0 spiro atoms. The predicted octanol–water partition coefficient (Wildman–Crippen LogP) is 5.78. The number of hydrogen-bond donors (Lipinski definition) is 0. The number of rotatable bonds is 8. The molecule has 8 nitrogen and oxygen atoms in total. The van der Waals surface area contributed by atoms with E-state index in [1.807, 2.05) is 61.2 Å². The zero-order chi connectivity index (χ0) is 29.6. The molecule has 2 aliphatic rings. The van der Waals surface area contributed by atoms with Crippen LogP contribution in [0.5, 0.6) is 0 Å². The van der Waals surface area contributed by atoms with Crippen LogP contribution in [0, 0.1) is 19.8 Å². The number of esters is 1. The molecule has 0 bridgehead atoms. The molecular weight excluding hydrogens is 570 g/mol. The van der Waals surface area contributed by atoms with E-state index < -0.39 is 0 Å². The van der Waals surface area contributed by atoms with Crippen LogP contribution in [0.15, 0.2) is 53.7 Å². The van der Waals surface area contributed by atoms with E-state index in [0.29, 0.717) is 43.9 Å². The van der Waals surface area contributed by atoms with Gasteiger partial charge < -0.3 is 19.4 Å². The first-order valence-corrected chi connectivity index (χ1v) is 16.0. The number of thioether (sulfide) groups is 1. The third-order valence-corrected chi connectivity index (χ3v) is 9.30. The number of carbonyl (C=O) groups excluding carboxylic acids is 2. The van der Waals surface area contributed by atoms with E-state index in [1.54, 1.807) is 11.8 Å². The van der Waals surface area contributed by atoms with E-state index in [4.69, 9.17) is 26.3 Å². The van der Waals surface area contributed by atoms with Crippen LogP contribution in [0.4, 0.5) is 11.5 Å². The van der Waals surface area contributed by atoms with Crippen LogP contribution in [0.1, 0.15) is 46.9 Å². The number of likely N-dealkylation sites (tertiary alicyclic amines) is 1. The fourth-order valence-electron chi connectivity index (χ4n) is 5.53. The standard InChI is InChI=1S/C32H38ClN5O3S/c1-4-41-31(40)25-12-14-38(15-13-25)30(39)26-9-7-8-24(20-26)21-42-32-34-23(3)22(2)29(35-32)37-18-16-36(17-19-37)28-11-6-5-10-27(28)33/h5-11,20,25H,4,12-19,21H2,1-3H3. The van der Waals surface area contributed by atoms with Gasteiger partial charge in [0.25, 0.3) is 5.91 Å². The van der Waals surface area contributed by atoms with E-state index in [2.05, 4.69) is 22.8 Å². The van der Waals surface area contributed by atoms with Crippen LogP contribution >= 0.6 is 23.4 Å². The molecule has 0 aliphatic carbocycles. The average molecular weight is 608 g/mol. The molecular formula is C32H38ClN5O3S. The van der Waals surface area contributed by atoms with Crippen molar-refractivity contribution in [3.63, 3.8) is 0 Å². The average Bonchev–Trinajstić information content (AvgIpc) is 3.02. The Morgan fingerprint density at radius 1 is 0.952 bits per heavy atom. The van der Waals surface area contributed by atoms with Gasteiger partial charge in [0.05, 0.1) is 23.2 Å². The first-order valence-electron chi connectivity index (χ1n) is 14.6. The second-order valence-corrected chi connectivity index (χ2v) is 12.1. The Morgan fingerprint density at radius 3 is 2.38 bits per heavy atom. The molecule has 10 heteroatoms. The molecule has 222 valence electrons. The van der Waals surface area contributed by atoms with E-state index in [1.165, 1.54) is 0 Å². The largest absolute Gasteiger partial charge is 0.466 e. The van der Waals surface area contributed by atoms with E-state index in [9.17, 15) is 9.59 Å². The second-order valence-electron chi connectivity index (χ2n) is 10.8. The molecule has 1 amide bonds. The highest BCUT2D eigenvalue weighted by atomic mass is 35.5. The van der Waals surface area contributed by atoms with Crippen molar-refractivity contribution >= 4 is 46.7 Å². The van der Waals surface area contributed by atoms with Gasteiger partial charge in [-0.25, -0.2) is 9.97 Å². The zero-order valence-electron chi connectivity index (χ0n) is 24.5. The number of aromatic nitrogens is 2. The number of carbonyl (C=O) groups is 2. The summed E-state index contributed by atoms with van der Waals surface area (Å²) in [5, 5.41) is 1.52. The molecule has 0 radical (unpaired) electrons. The fourth-order valence-corrected chi connectivity index (χ4v) is 6.61. The third-order valence-electron chi connectivity index (χ3n) is 8.06. The van der Waals surface area contributed by atoms with Gasteiger partial charge in [-0.05, 0) is 63.4 Å². The number of benzene rings is 2. The van der Waals surface area contributed by atoms with Crippen LogP contribution in [0.3, 0.4) is 0 Å². The summed E-state index contributed by atoms with van der Waals surface area (Å²) < 4.78 is 5.16. The Bertz CT molecular complexity index is 1420. The van der Waals surface area contributed by atoms with Gasteiger partial charge in [0.1, 0.15) is 5.82 Å². The normalized spacial score (nSPS) is 16.0. The zero-order valence-corrected chi connectivity index (χ0v) is 26.1. The van der Waals surface area contributed by atoms with Crippen molar-refractivity contribution in [1.29, 1.82) is 0 Å². The minimum atomic E-state index is -0.153. The van der Waals surface area contributed by atoms with Crippen LogP contribution in [0.25, 0.3) is 0 Å². The van der Waals surface area contributed by atoms with Gasteiger partial charge in [0.2, 0.25) is 0 Å². The van der Waals surface area contributed by atoms with Crippen LogP contribution < -0.4 is 9.80 Å². The van der Waals surface area contributed by atoms with Crippen molar-refractivity contribution < 1.29 is 14.3 Å². The van der Waals surface area contributed by atoms with Gasteiger partial charge in [-0.3, -0.25) is 9.59 Å². The van der Waals surface area contributed by atoms with Crippen molar-refractivity contribution in [3.8, 4) is 0 Å². The molecule has 3 heterocycles. The van der Waals surface area contributed by atoms with Crippen molar-refractivity contribution in [2.24, 2.45) is 5.92 Å². The lowest BCUT2D eigenvalue weighted by molar-refractivity contribution is -0.149. The van der Waals surface area contributed by atoms with Crippen LogP contribution in [0.2, 0.25) is 5.02 Å². The van der Waals surface area contributed by atoms with Gasteiger partial charge in [0.15, 0.2) is 5.16 Å². The summed E-state index contributed by atoms with van der Waals surface area (Å²) in [6.45, 7) is 10.9. The number of para-hydroxylation sites is 1. The first kappa shape index (κ1) is 30.2. The third kappa shape index (κ3) is 7.01. The summed E-state index contributed by atoms with van der Waals surface area (Å²) in [5.41, 5.74) is 4.87. The lowest BCUT2D eigenvalue weighted by Gasteiger charge is -2.37. The van der Waals surface area contributed by atoms with Crippen molar-refractivity contribution in [2.75, 3.05) is 55.7 Å². The summed E-state index contributed by atoms with van der Waals surface area (Å²) in [6.07, 6.45) is 1.28. The number of hydrogen-bond acceptors (Lipinski definition) is 8. The number of piperidine rings is 1. The van der Waals surface area contributed by atoms with Crippen LogP contribution in [-0.4, -0.2) is 72.6 Å². The number of amides is 1. The fraction of sp³-hybridized carbons (Fsp3) is 0.438. The molecule has 42 heavy (non-hydrogen) atoms. The molecule has 0 atom stereocenters. The Kier molecular flexibility index (Phi) is 9.90. The number of piperazine rings is 1. The van der Waals surface area contributed by atoms with Crippen molar-refractivity contribution in [1.82, 2.24) is 14.9 Å². The monoisotopic (exact) mass is 607 g/mol. The molecule has 3 aromatic rings. The van der Waals surface area contributed by atoms with Gasteiger partial charge in [-0.15, -0.1) is 0 Å². The molecule has 2 aromatic carbocycles. The summed E-state index contributed by atoms with van der Waals surface area (Å²) in [5.74, 6) is 1.38. The van der Waals surface area contributed by atoms with Crippen LogP contribution in [-0.2, 0) is 15.3 Å². The quantitative estimate of drug-likeness (QED) is 0.181. The van der Waals surface area contributed by atoms with E-state index in [-0.39, 0.29) is 17.8 Å². The lowest BCUT2D eigenvalue weighted by atomic mass is 9.96. The second kappa shape index (κ2) is 13.8. The summed E-state index contributed by atoms with van der Waals surface area (Å²) in [4.78, 5) is 41.5. The molecule has 0 N–H and O–H groups in total. The summed E-state index contributed by atoms with van der Waals surface area (Å²) in [6, 6.07) is 15.8. The minimum absolute atomic E-state index is 0.00445. The molecule has 0 unspecified atom stereocenters. The maximum atomic E-state index is 13.2. The molecule has 2 aliphatic heterocycles. The molecule has 0 saturated carbocycles. The first-order chi connectivity index (χ1) is 20.3. The molecule has 2 fully saturated rings. The van der Waals surface area contributed by atoms with E-state index in [0.717, 1.165) is 64.7 Å². The van der Waals surface area contributed by atoms with Gasteiger partial charge in [-0.2, -0.15) is 0 Å². The highest BCUT2D eigenvalue weighted by Crippen LogP contribution is 2.30. The van der Waals surface area contributed by atoms with Crippen molar-refractivity contribution in [2.45, 2.75) is 44.5 Å². The molecule has 2 saturated heterocycles. The highest BCUT2D eigenvalue weighted by molar-refractivity contribution is 7.98. The van der Waals surface area contributed by atoms with Gasteiger partial charge >= 0.3 is 5.97 Å². The topological polar surface area (TPSA) is 78.9 Å². The Labute approximate surface area is 257 Å². The number of nitrogens with zero attached hydrogens (tertiary/aromatic N) is 5. The maximum absolute atomic E-state index is 13.2.